The Bertz CT molecular complexity index is 187. The van der Waals surface area contributed by atoms with Crippen LogP contribution in [0, 0.1) is 0 Å². The largest absolute Gasteiger partial charge is 0.487 e. The molecule has 10 heavy (non-hydrogen) atoms. The van der Waals surface area contributed by atoms with E-state index < -0.39 is 0 Å². The fraction of sp³-hybridized carbons (Fsp3) is 0.500. The van der Waals surface area contributed by atoms with Crippen molar-refractivity contribution in [2.45, 2.75) is 6.10 Å². The average molecular weight is 139 g/mol. The molecule has 4 heteroatoms. The van der Waals surface area contributed by atoms with Crippen molar-refractivity contribution in [1.82, 2.24) is 10.6 Å². The molecule has 4 nitrogen and oxygen atoms in total. The van der Waals surface area contributed by atoms with Crippen molar-refractivity contribution in [1.29, 1.82) is 0 Å². The highest BCUT2D eigenvalue weighted by Gasteiger charge is 2.20. The highest BCUT2D eigenvalue weighted by Crippen LogP contribution is 2.01. The van der Waals surface area contributed by atoms with Crippen molar-refractivity contribution in [3.05, 3.63) is 12.5 Å². The molecule has 0 saturated carbocycles. The van der Waals surface area contributed by atoms with Gasteiger partial charge in [-0.15, -0.1) is 0 Å². The number of hydrogen-bond acceptors (Lipinski definition) is 4. The number of nitrogens with zero attached hydrogens (tertiary/aromatic N) is 1. The topological polar surface area (TPSA) is 45.6 Å². The first-order valence-electron chi connectivity index (χ1n) is 3.29. The standard InChI is InChI=1S/C6H9N3O/c1-2-10-5-3-7-4-9-6(5)8-1/h1-2,5,7H,3-4H2,(H,8,9). The van der Waals surface area contributed by atoms with Crippen LogP contribution in [-0.4, -0.2) is 25.2 Å². The number of ether oxygens (including phenoxy) is 1. The normalized spacial score (nSPS) is 29.6. The summed E-state index contributed by atoms with van der Waals surface area (Å²) in [6.45, 7) is 1.53. The summed E-state index contributed by atoms with van der Waals surface area (Å²) in [5.41, 5.74) is 0. The van der Waals surface area contributed by atoms with Crippen molar-refractivity contribution in [3.8, 4) is 0 Å². The minimum atomic E-state index is 0.0961. The predicted molar refractivity (Wildman–Crippen MR) is 37.5 cm³/mol. The summed E-state index contributed by atoms with van der Waals surface area (Å²) in [6.07, 6.45) is 3.50. The fourth-order valence-electron chi connectivity index (χ4n) is 1.04. The number of fused-ring (bicyclic) bond motifs is 1. The summed E-state index contributed by atoms with van der Waals surface area (Å²) in [4.78, 5) is 4.17. The molecular weight excluding hydrogens is 130 g/mol. The maximum absolute atomic E-state index is 5.25. The highest BCUT2D eigenvalue weighted by atomic mass is 16.5. The lowest BCUT2D eigenvalue weighted by Gasteiger charge is -2.25. The minimum absolute atomic E-state index is 0.0961. The van der Waals surface area contributed by atoms with E-state index in [2.05, 4.69) is 15.6 Å². The van der Waals surface area contributed by atoms with Crippen molar-refractivity contribution in [3.63, 3.8) is 0 Å². The lowest BCUT2D eigenvalue weighted by molar-refractivity contribution is 0.183. The number of nitrogens with one attached hydrogen (secondary N) is 2. The van der Waals surface area contributed by atoms with Gasteiger partial charge in [-0.05, 0) is 0 Å². The maximum Gasteiger partial charge on any atom is 0.167 e. The SMILES string of the molecule is C1=COC2CNCN=C2N1. The smallest absolute Gasteiger partial charge is 0.167 e. The number of hydrogen-bond donors (Lipinski definition) is 2. The van der Waals surface area contributed by atoms with E-state index in [0.717, 1.165) is 12.4 Å². The Labute approximate surface area is 59.0 Å². The Balaban J connectivity index is 2.17. The van der Waals surface area contributed by atoms with Crippen LogP contribution in [-0.2, 0) is 4.74 Å². The Kier molecular flexibility index (Phi) is 1.32. The van der Waals surface area contributed by atoms with Crippen LogP contribution >= 0.6 is 0 Å². The third kappa shape index (κ3) is 0.863. The van der Waals surface area contributed by atoms with Crippen molar-refractivity contribution >= 4 is 5.84 Å². The molecule has 2 aliphatic rings. The average Bonchev–Trinajstić information content (AvgIpc) is 2.05. The summed E-state index contributed by atoms with van der Waals surface area (Å²) < 4.78 is 5.25. The van der Waals surface area contributed by atoms with Crippen LogP contribution in [0.1, 0.15) is 0 Å². The molecule has 0 radical (unpaired) electrons. The lowest BCUT2D eigenvalue weighted by Crippen LogP contribution is -2.46. The summed E-state index contributed by atoms with van der Waals surface area (Å²) in [7, 11) is 0. The quantitative estimate of drug-likeness (QED) is 0.471. The first kappa shape index (κ1) is 5.73. The zero-order valence-corrected chi connectivity index (χ0v) is 5.50. The second kappa shape index (κ2) is 2.30. The van der Waals surface area contributed by atoms with Gasteiger partial charge in [0.15, 0.2) is 6.10 Å². The van der Waals surface area contributed by atoms with Gasteiger partial charge < -0.3 is 10.1 Å². The van der Waals surface area contributed by atoms with Crippen LogP contribution in [0.5, 0.6) is 0 Å². The molecule has 2 heterocycles. The van der Waals surface area contributed by atoms with Gasteiger partial charge in [-0.3, -0.25) is 10.3 Å². The van der Waals surface area contributed by atoms with Gasteiger partial charge in [0.25, 0.3) is 0 Å². The van der Waals surface area contributed by atoms with Gasteiger partial charge in [-0.25, -0.2) is 0 Å². The molecule has 0 amide bonds. The summed E-state index contributed by atoms with van der Waals surface area (Å²) in [5.74, 6) is 0.932. The summed E-state index contributed by atoms with van der Waals surface area (Å²) in [6, 6.07) is 0. The number of amidine groups is 1. The molecule has 0 aromatic carbocycles. The van der Waals surface area contributed by atoms with Crippen LogP contribution in [0.2, 0.25) is 0 Å². The summed E-state index contributed by atoms with van der Waals surface area (Å²) >= 11 is 0. The van der Waals surface area contributed by atoms with E-state index in [-0.39, 0.29) is 6.10 Å². The van der Waals surface area contributed by atoms with Crippen molar-refractivity contribution in [2.24, 2.45) is 4.99 Å². The number of aliphatic imine (C=N–C) groups is 1. The molecule has 2 rings (SSSR count). The van der Waals surface area contributed by atoms with E-state index in [0.29, 0.717) is 6.67 Å². The second-order valence-corrected chi connectivity index (χ2v) is 2.23. The van der Waals surface area contributed by atoms with E-state index in [1.165, 1.54) is 0 Å². The zero-order valence-electron chi connectivity index (χ0n) is 5.50. The molecule has 1 atom stereocenters. The van der Waals surface area contributed by atoms with E-state index in [1.54, 1.807) is 12.5 Å². The molecule has 54 valence electrons. The fourth-order valence-corrected chi connectivity index (χ4v) is 1.04. The van der Waals surface area contributed by atoms with Gasteiger partial charge in [0, 0.05) is 12.7 Å². The third-order valence-electron chi connectivity index (χ3n) is 1.54. The molecule has 0 saturated heterocycles. The summed E-state index contributed by atoms with van der Waals surface area (Å²) in [5, 5.41) is 6.12. The van der Waals surface area contributed by atoms with Crippen molar-refractivity contribution < 1.29 is 4.74 Å². The first-order chi connectivity index (χ1) is 4.97. The van der Waals surface area contributed by atoms with Crippen LogP contribution in [0.3, 0.4) is 0 Å². The van der Waals surface area contributed by atoms with E-state index in [9.17, 15) is 0 Å². The van der Waals surface area contributed by atoms with Crippen LogP contribution in [0.25, 0.3) is 0 Å². The molecule has 0 aromatic heterocycles. The van der Waals surface area contributed by atoms with Gasteiger partial charge in [0.2, 0.25) is 0 Å². The van der Waals surface area contributed by atoms with E-state index in [1.807, 2.05) is 0 Å². The van der Waals surface area contributed by atoms with Gasteiger partial charge in [-0.1, -0.05) is 0 Å². The van der Waals surface area contributed by atoms with Gasteiger partial charge >= 0.3 is 0 Å². The Hall–Kier alpha value is -1.03. The maximum atomic E-state index is 5.25. The second-order valence-electron chi connectivity index (χ2n) is 2.23. The first-order valence-corrected chi connectivity index (χ1v) is 3.29. The van der Waals surface area contributed by atoms with Crippen LogP contribution in [0.15, 0.2) is 17.5 Å². The molecule has 0 fully saturated rings. The Morgan fingerprint density at radius 2 is 2.70 bits per heavy atom. The monoisotopic (exact) mass is 139 g/mol. The zero-order chi connectivity index (χ0) is 6.81. The van der Waals surface area contributed by atoms with Crippen molar-refractivity contribution in [2.75, 3.05) is 13.2 Å². The minimum Gasteiger partial charge on any atom is -0.487 e. The van der Waals surface area contributed by atoms with E-state index in [4.69, 9.17) is 4.74 Å². The van der Waals surface area contributed by atoms with Gasteiger partial charge in [-0.2, -0.15) is 0 Å². The molecule has 0 bridgehead atoms. The van der Waals surface area contributed by atoms with Gasteiger partial charge in [0.1, 0.15) is 12.1 Å². The molecular formula is C6H9N3O. The van der Waals surface area contributed by atoms with E-state index >= 15 is 0 Å². The predicted octanol–water partition coefficient (Wildman–Crippen LogP) is -0.595. The molecule has 2 N–H and O–H groups in total. The van der Waals surface area contributed by atoms with Crippen LogP contribution < -0.4 is 10.6 Å². The van der Waals surface area contributed by atoms with Crippen LogP contribution in [0.4, 0.5) is 0 Å². The Morgan fingerprint density at radius 1 is 1.70 bits per heavy atom. The lowest BCUT2D eigenvalue weighted by atomic mass is 10.3. The highest BCUT2D eigenvalue weighted by molar-refractivity contribution is 5.88. The number of rotatable bonds is 0. The Morgan fingerprint density at radius 3 is 3.60 bits per heavy atom. The molecule has 1 unspecified atom stereocenters. The molecule has 0 spiro atoms. The molecule has 2 aliphatic heterocycles. The molecule has 0 aromatic rings. The third-order valence-corrected chi connectivity index (χ3v) is 1.54. The molecule has 0 aliphatic carbocycles. The van der Waals surface area contributed by atoms with Gasteiger partial charge in [0.05, 0.1) is 6.67 Å².